The summed E-state index contributed by atoms with van der Waals surface area (Å²) in [6.45, 7) is 5.24. The van der Waals surface area contributed by atoms with Gasteiger partial charge in [0.25, 0.3) is 0 Å². The van der Waals surface area contributed by atoms with Crippen molar-refractivity contribution in [2.45, 2.75) is 27.1 Å². The molecule has 0 aromatic heterocycles. The fraction of sp³-hybridized carbons (Fsp3) is 1.00. The van der Waals surface area contributed by atoms with Gasteiger partial charge >= 0.3 is 40.0 Å². The third-order valence-corrected chi connectivity index (χ3v) is 1.95. The Morgan fingerprint density at radius 1 is 1.31 bits per heavy atom. The maximum Gasteiger partial charge on any atom is 1.00 e. The van der Waals surface area contributed by atoms with Crippen LogP contribution < -0.4 is 29.6 Å². The molecule has 0 saturated carbocycles. The molecule has 1 unspecified atom stereocenters. The van der Waals surface area contributed by atoms with Crippen LogP contribution in [0.2, 0.25) is 0 Å². The summed E-state index contributed by atoms with van der Waals surface area (Å²) in [7, 11) is -3.88. The van der Waals surface area contributed by atoms with E-state index in [1.54, 1.807) is 13.8 Å². The molecule has 0 aliphatic carbocycles. The average molecular weight is 222 g/mol. The minimum absolute atomic E-state index is 0. The first-order valence-corrected chi connectivity index (χ1v) is 5.04. The average Bonchev–Trinajstić information content (AvgIpc) is 1.85. The number of rotatable bonds is 6. The van der Waals surface area contributed by atoms with Crippen LogP contribution in [0.3, 0.4) is 0 Å². The number of hydrogen-bond donors (Lipinski definition) is 0. The molecular formula is C6H15NaO5S. The molecule has 0 N–H and O–H groups in total. The molecule has 13 heavy (non-hydrogen) atoms. The van der Waals surface area contributed by atoms with E-state index < -0.39 is 16.7 Å². The largest absolute Gasteiger partial charge is 1.00 e. The predicted octanol–water partition coefficient (Wildman–Crippen LogP) is -2.22. The Labute approximate surface area is 103 Å². The van der Waals surface area contributed by atoms with Crippen molar-refractivity contribution in [3.8, 4) is 0 Å². The molecule has 0 aliphatic heterocycles. The summed E-state index contributed by atoms with van der Waals surface area (Å²) in [6, 6.07) is 0. The second kappa shape index (κ2) is 8.16. The number of hydrogen-bond acceptors (Lipinski definition) is 5. The van der Waals surface area contributed by atoms with E-state index in [1.807, 2.05) is 0 Å². The summed E-state index contributed by atoms with van der Waals surface area (Å²) in [6.07, 6.45) is -0.799. The first kappa shape index (κ1) is 16.3. The maximum absolute atomic E-state index is 10.8. The summed E-state index contributed by atoms with van der Waals surface area (Å²) < 4.78 is 35.2. The Morgan fingerprint density at radius 2 is 1.85 bits per heavy atom. The minimum Gasteiger partial charge on any atom is -1.00 e. The minimum atomic E-state index is -3.88. The van der Waals surface area contributed by atoms with Gasteiger partial charge in [-0.1, -0.05) is 0 Å². The normalized spacial score (nSPS) is 13.5. The van der Waals surface area contributed by atoms with Crippen molar-refractivity contribution in [1.82, 2.24) is 0 Å². The van der Waals surface area contributed by atoms with E-state index >= 15 is 0 Å². The van der Waals surface area contributed by atoms with Gasteiger partial charge in [-0.2, -0.15) is 8.42 Å². The second-order valence-electron chi connectivity index (χ2n) is 1.93. The van der Waals surface area contributed by atoms with Gasteiger partial charge in [0.15, 0.2) is 6.29 Å². The molecule has 0 aliphatic rings. The van der Waals surface area contributed by atoms with E-state index in [4.69, 9.17) is 4.74 Å². The molecule has 0 heterocycles. The van der Waals surface area contributed by atoms with Crippen LogP contribution in [0.4, 0.5) is 0 Å². The fourth-order valence-electron chi connectivity index (χ4n) is 0.601. The van der Waals surface area contributed by atoms with Crippen LogP contribution in [-0.2, 0) is 23.5 Å². The van der Waals surface area contributed by atoms with Crippen LogP contribution in [-0.4, -0.2) is 27.9 Å². The molecule has 0 radical (unpaired) electrons. The maximum atomic E-state index is 10.8. The van der Waals surface area contributed by atoms with E-state index in [9.17, 15) is 8.42 Å². The zero-order valence-corrected chi connectivity index (χ0v) is 11.3. The van der Waals surface area contributed by atoms with Gasteiger partial charge in [0.05, 0.1) is 6.61 Å². The standard InChI is InChI=1S/C6H14O5S.Na.H/c1-4-9-6(3)11-12(7,8)10-5-2;;/h6H,4-5H2,1-3H3;;/q;+1;-1. The van der Waals surface area contributed by atoms with Crippen LogP contribution in [0.25, 0.3) is 0 Å². The molecule has 0 aromatic rings. The van der Waals surface area contributed by atoms with Gasteiger partial charge < -0.3 is 6.16 Å². The van der Waals surface area contributed by atoms with Crippen LogP contribution >= 0.6 is 0 Å². The van der Waals surface area contributed by atoms with Gasteiger partial charge in [-0.25, -0.2) is 8.37 Å². The van der Waals surface area contributed by atoms with Crippen LogP contribution in [0.5, 0.6) is 0 Å². The predicted molar refractivity (Wildman–Crippen MR) is 43.8 cm³/mol. The SMILES string of the molecule is CCOC(C)OS(=O)(=O)OCC.[H-].[Na+]. The van der Waals surface area contributed by atoms with Gasteiger partial charge in [-0.15, -0.1) is 0 Å². The third kappa shape index (κ3) is 9.14. The van der Waals surface area contributed by atoms with Crippen molar-refractivity contribution >= 4 is 10.4 Å². The molecule has 0 spiro atoms. The van der Waals surface area contributed by atoms with Crippen molar-refractivity contribution < 1.29 is 52.5 Å². The first-order valence-electron chi connectivity index (χ1n) is 3.71. The molecule has 5 nitrogen and oxygen atoms in total. The smallest absolute Gasteiger partial charge is 1.00 e. The van der Waals surface area contributed by atoms with Gasteiger partial charge in [0.1, 0.15) is 0 Å². The first-order chi connectivity index (χ1) is 5.52. The van der Waals surface area contributed by atoms with Gasteiger partial charge in [0.2, 0.25) is 0 Å². The van der Waals surface area contributed by atoms with E-state index in [2.05, 4.69) is 8.37 Å². The zero-order chi connectivity index (χ0) is 9.61. The summed E-state index contributed by atoms with van der Waals surface area (Å²) in [4.78, 5) is 0. The fourth-order valence-corrected chi connectivity index (χ4v) is 1.33. The molecule has 76 valence electrons. The third-order valence-electron chi connectivity index (χ3n) is 0.917. The van der Waals surface area contributed by atoms with Crippen molar-refractivity contribution in [2.24, 2.45) is 0 Å². The van der Waals surface area contributed by atoms with E-state index in [0.717, 1.165) is 0 Å². The monoisotopic (exact) mass is 222 g/mol. The van der Waals surface area contributed by atoms with Crippen molar-refractivity contribution in [3.63, 3.8) is 0 Å². The second-order valence-corrected chi connectivity index (χ2v) is 3.18. The van der Waals surface area contributed by atoms with E-state index in [-0.39, 0.29) is 37.6 Å². The summed E-state index contributed by atoms with van der Waals surface area (Å²) in [5.74, 6) is 0. The molecule has 7 heteroatoms. The van der Waals surface area contributed by atoms with Crippen LogP contribution in [0.1, 0.15) is 22.2 Å². The molecule has 0 fully saturated rings. The molecule has 0 rings (SSSR count). The van der Waals surface area contributed by atoms with Crippen LogP contribution in [0.15, 0.2) is 0 Å². The quantitative estimate of drug-likeness (QED) is 0.376. The Hall–Kier alpha value is 0.830. The zero-order valence-electron chi connectivity index (χ0n) is 9.44. The Kier molecular flexibility index (Phi) is 10.2. The Morgan fingerprint density at radius 3 is 2.23 bits per heavy atom. The topological polar surface area (TPSA) is 61.8 Å². The van der Waals surface area contributed by atoms with Gasteiger partial charge in [-0.3, -0.25) is 0 Å². The van der Waals surface area contributed by atoms with Gasteiger partial charge in [0, 0.05) is 6.61 Å². The molecule has 0 amide bonds. The van der Waals surface area contributed by atoms with Crippen molar-refractivity contribution in [2.75, 3.05) is 13.2 Å². The Bertz CT molecular complexity index is 208. The van der Waals surface area contributed by atoms with E-state index in [1.165, 1.54) is 6.92 Å². The van der Waals surface area contributed by atoms with Crippen LogP contribution in [0, 0.1) is 0 Å². The van der Waals surface area contributed by atoms with E-state index in [0.29, 0.717) is 6.61 Å². The van der Waals surface area contributed by atoms with Crippen molar-refractivity contribution in [1.29, 1.82) is 0 Å². The molecule has 0 aromatic carbocycles. The summed E-state index contributed by atoms with van der Waals surface area (Å²) in [5, 5.41) is 0. The number of ether oxygens (including phenoxy) is 1. The Balaban J connectivity index is -0.000000605. The molecule has 1 atom stereocenters. The van der Waals surface area contributed by atoms with Gasteiger partial charge in [-0.05, 0) is 20.8 Å². The molecule has 0 saturated heterocycles. The molecule has 0 bridgehead atoms. The molecular weight excluding hydrogens is 207 g/mol. The summed E-state index contributed by atoms with van der Waals surface area (Å²) >= 11 is 0. The summed E-state index contributed by atoms with van der Waals surface area (Å²) in [5.41, 5.74) is 0. The van der Waals surface area contributed by atoms with Crippen molar-refractivity contribution in [3.05, 3.63) is 0 Å².